The zero-order valence-electron chi connectivity index (χ0n) is 7.73. The molecule has 11 heavy (non-hydrogen) atoms. The van der Waals surface area contributed by atoms with Crippen LogP contribution in [0.4, 0.5) is 0 Å². The Bertz CT molecular complexity index is 133. The van der Waals surface area contributed by atoms with Crippen LogP contribution in [0.1, 0.15) is 6.92 Å². The molecule has 0 aliphatic heterocycles. The Kier molecular flexibility index (Phi) is 4.63. The van der Waals surface area contributed by atoms with Gasteiger partial charge in [0.25, 0.3) is 0 Å². The largest absolute Gasteiger partial charge is 0.459 e. The van der Waals surface area contributed by atoms with Gasteiger partial charge < -0.3 is 9.43 Å². The molecule has 0 aliphatic carbocycles. The van der Waals surface area contributed by atoms with Gasteiger partial charge in [-0.2, -0.15) is 0 Å². The fourth-order valence-electron chi connectivity index (χ4n) is 0.584. The second kappa shape index (κ2) is 4.68. The van der Waals surface area contributed by atoms with E-state index in [0.29, 0.717) is 0 Å². The lowest BCUT2D eigenvalue weighted by atomic mass is 10.7. The van der Waals surface area contributed by atoms with Gasteiger partial charge in [-0.1, -0.05) is 0 Å². The first-order valence-electron chi connectivity index (χ1n) is 3.80. The molecule has 0 unspecified atom stereocenters. The van der Waals surface area contributed by atoms with Crippen molar-refractivity contribution in [2.75, 3.05) is 6.17 Å². The molecule has 0 spiro atoms. The van der Waals surface area contributed by atoms with E-state index in [0.717, 1.165) is 6.17 Å². The molecule has 0 aromatic carbocycles. The van der Waals surface area contributed by atoms with Crippen LogP contribution in [0.5, 0.6) is 0 Å². The minimum absolute atomic E-state index is 0.0386. The smallest absolute Gasteiger partial charge is 0.216 e. The van der Waals surface area contributed by atoms with Gasteiger partial charge in [-0.3, -0.25) is 4.79 Å². The summed E-state index contributed by atoms with van der Waals surface area (Å²) in [6.45, 7) is 8.01. The maximum atomic E-state index is 10.4. The van der Waals surface area contributed by atoms with E-state index in [9.17, 15) is 4.79 Å². The zero-order chi connectivity index (χ0) is 8.91. The summed E-state index contributed by atoms with van der Waals surface area (Å²) in [5, 5.41) is 2.74. The molecule has 5 heteroatoms. The van der Waals surface area contributed by atoms with Crippen molar-refractivity contribution < 1.29 is 8.91 Å². The van der Waals surface area contributed by atoms with Crippen molar-refractivity contribution in [1.29, 1.82) is 0 Å². The predicted molar refractivity (Wildman–Crippen MR) is 51.7 cm³/mol. The summed E-state index contributed by atoms with van der Waals surface area (Å²) in [5.41, 5.74) is 0. The fraction of sp³-hybridized carbons (Fsp3) is 0.833. The number of nitrogens with one attached hydrogen (secondary N) is 1. The van der Waals surface area contributed by atoms with E-state index in [1.165, 1.54) is 6.92 Å². The summed E-state index contributed by atoms with van der Waals surface area (Å²) in [5.74, 6) is 0.0386. The fourth-order valence-corrected chi connectivity index (χ4v) is 3.90. The lowest BCUT2D eigenvalue weighted by Crippen LogP contribution is -2.34. The molecule has 0 aliphatic rings. The zero-order valence-corrected chi connectivity index (χ0v) is 10.1. The number of hydrogen-bond acceptors (Lipinski definition) is 2. The first kappa shape index (κ1) is 10.9. The highest BCUT2D eigenvalue weighted by Crippen LogP contribution is 1.99. The summed E-state index contributed by atoms with van der Waals surface area (Å²) >= 11 is 0. The molecule has 0 aromatic heterocycles. The highest BCUT2D eigenvalue weighted by molar-refractivity contribution is 6.73. The average Bonchev–Trinajstić information content (AvgIpc) is 1.78. The van der Waals surface area contributed by atoms with Crippen LogP contribution in [0.15, 0.2) is 0 Å². The van der Waals surface area contributed by atoms with Gasteiger partial charge in [0.15, 0.2) is 18.1 Å². The van der Waals surface area contributed by atoms with Crippen LogP contribution >= 0.6 is 0 Å². The number of carbonyl (C=O) groups is 1. The molecule has 3 nitrogen and oxygen atoms in total. The highest BCUT2D eigenvalue weighted by atomic mass is 28.4. The normalized spacial score (nSPS) is 12.4. The number of hydrogen-bond donors (Lipinski definition) is 1. The third-order valence-corrected chi connectivity index (χ3v) is 5.75. The Morgan fingerprint density at radius 3 is 2.45 bits per heavy atom. The van der Waals surface area contributed by atoms with E-state index < -0.39 is 18.1 Å². The topological polar surface area (TPSA) is 38.3 Å². The summed E-state index contributed by atoms with van der Waals surface area (Å²) in [7, 11) is -1.82. The first-order valence-corrected chi connectivity index (χ1v) is 8.79. The third-order valence-electron chi connectivity index (χ3n) is 1.01. The van der Waals surface area contributed by atoms with Crippen LogP contribution in [0.3, 0.4) is 0 Å². The molecule has 0 heterocycles. The van der Waals surface area contributed by atoms with Crippen molar-refractivity contribution in [2.45, 2.75) is 26.6 Å². The lowest BCUT2D eigenvalue weighted by Gasteiger charge is -2.17. The molecule has 0 atom stereocenters. The second-order valence-electron chi connectivity index (χ2n) is 3.44. The Morgan fingerprint density at radius 2 is 2.09 bits per heavy atom. The molecule has 0 saturated heterocycles. The Hall–Kier alpha value is -0.136. The van der Waals surface area contributed by atoms with E-state index >= 15 is 0 Å². The maximum absolute atomic E-state index is 10.4. The SMILES string of the molecule is CC(=O)NC[SiH2]O[Si](C)(C)C. The number of rotatable bonds is 4. The van der Waals surface area contributed by atoms with Crippen LogP contribution in [0.2, 0.25) is 19.6 Å². The Morgan fingerprint density at radius 1 is 1.55 bits per heavy atom. The van der Waals surface area contributed by atoms with Gasteiger partial charge in [-0.15, -0.1) is 0 Å². The van der Waals surface area contributed by atoms with Crippen LogP contribution in [0.25, 0.3) is 0 Å². The molecule has 0 saturated carbocycles. The second-order valence-corrected chi connectivity index (χ2v) is 9.73. The van der Waals surface area contributed by atoms with Gasteiger partial charge in [0, 0.05) is 13.1 Å². The van der Waals surface area contributed by atoms with Crippen molar-refractivity contribution in [3.05, 3.63) is 0 Å². The minimum Gasteiger partial charge on any atom is -0.459 e. The van der Waals surface area contributed by atoms with E-state index in [1.54, 1.807) is 0 Å². The summed E-state index contributed by atoms with van der Waals surface area (Å²) in [6, 6.07) is 0. The molecular weight excluding hydrogens is 174 g/mol. The number of amides is 1. The van der Waals surface area contributed by atoms with Crippen molar-refractivity contribution in [2.24, 2.45) is 0 Å². The van der Waals surface area contributed by atoms with Crippen LogP contribution in [-0.4, -0.2) is 30.2 Å². The maximum Gasteiger partial charge on any atom is 0.216 e. The molecule has 0 bridgehead atoms. The summed E-state index contributed by atoms with van der Waals surface area (Å²) in [6.07, 6.45) is 0.763. The molecule has 0 fully saturated rings. The Balaban J connectivity index is 3.22. The third kappa shape index (κ3) is 9.86. The Labute approximate surface area is 71.6 Å². The van der Waals surface area contributed by atoms with Gasteiger partial charge in [-0.25, -0.2) is 0 Å². The van der Waals surface area contributed by atoms with Gasteiger partial charge in [0.1, 0.15) is 0 Å². The standard InChI is InChI=1S/C6H17NO2Si2/c1-6(8)7-5-10-9-11(2,3)4/h5,10H2,1-4H3,(H,7,8). The first-order chi connectivity index (χ1) is 4.92. The van der Waals surface area contributed by atoms with Crippen LogP contribution in [-0.2, 0) is 8.91 Å². The van der Waals surface area contributed by atoms with Gasteiger partial charge in [-0.05, 0) is 19.6 Å². The quantitative estimate of drug-likeness (QED) is 0.502. The van der Waals surface area contributed by atoms with E-state index in [-0.39, 0.29) is 5.91 Å². The molecule has 0 radical (unpaired) electrons. The summed E-state index contributed by atoms with van der Waals surface area (Å²) < 4.78 is 5.64. The van der Waals surface area contributed by atoms with Gasteiger partial charge >= 0.3 is 0 Å². The summed E-state index contributed by atoms with van der Waals surface area (Å²) in [4.78, 5) is 10.4. The van der Waals surface area contributed by atoms with Crippen LogP contribution in [0, 0.1) is 0 Å². The molecular formula is C6H17NO2Si2. The minimum atomic E-state index is -1.32. The van der Waals surface area contributed by atoms with Gasteiger partial charge in [0.05, 0.1) is 0 Å². The van der Waals surface area contributed by atoms with E-state index in [4.69, 9.17) is 4.12 Å². The average molecular weight is 191 g/mol. The highest BCUT2D eigenvalue weighted by Gasteiger charge is 2.12. The van der Waals surface area contributed by atoms with Crippen molar-refractivity contribution >= 4 is 24.0 Å². The predicted octanol–water partition coefficient (Wildman–Crippen LogP) is 0.0153. The number of carbonyl (C=O) groups excluding carboxylic acids is 1. The van der Waals surface area contributed by atoms with Crippen LogP contribution < -0.4 is 5.32 Å². The van der Waals surface area contributed by atoms with E-state index in [1.807, 2.05) is 0 Å². The monoisotopic (exact) mass is 191 g/mol. The van der Waals surface area contributed by atoms with Gasteiger partial charge in [0.2, 0.25) is 5.91 Å². The van der Waals surface area contributed by atoms with Crippen molar-refractivity contribution in [1.82, 2.24) is 5.32 Å². The molecule has 1 N–H and O–H groups in total. The lowest BCUT2D eigenvalue weighted by molar-refractivity contribution is -0.118. The molecule has 1 amide bonds. The van der Waals surface area contributed by atoms with E-state index in [2.05, 4.69) is 25.0 Å². The molecule has 0 aromatic rings. The molecule has 66 valence electrons. The molecule has 0 rings (SSSR count). The van der Waals surface area contributed by atoms with Crippen molar-refractivity contribution in [3.63, 3.8) is 0 Å². The van der Waals surface area contributed by atoms with Crippen molar-refractivity contribution in [3.8, 4) is 0 Å².